The Morgan fingerprint density at radius 1 is 1.00 bits per heavy atom. The number of benzene rings is 2. The van der Waals surface area contributed by atoms with Gasteiger partial charge in [-0.1, -0.05) is 54.6 Å². The topological polar surface area (TPSA) is 92.8 Å². The van der Waals surface area contributed by atoms with Crippen LogP contribution >= 0.6 is 0 Å². The molecule has 5 atom stereocenters. The highest BCUT2D eigenvalue weighted by atomic mass is 16.5. The van der Waals surface area contributed by atoms with Gasteiger partial charge in [-0.15, -0.1) is 0 Å². The first-order chi connectivity index (χ1) is 16.3. The molecule has 2 bridgehead atoms. The molecule has 3 aliphatic rings. The first-order valence-corrected chi connectivity index (χ1v) is 11.5. The number of hydrogen-bond acceptors (Lipinski definition) is 5. The van der Waals surface area contributed by atoms with Crippen LogP contribution in [-0.4, -0.2) is 35.1 Å². The molecule has 0 aromatic heterocycles. The summed E-state index contributed by atoms with van der Waals surface area (Å²) < 4.78 is 5.58. The lowest BCUT2D eigenvalue weighted by atomic mass is 9.85. The van der Waals surface area contributed by atoms with Crippen LogP contribution in [0.3, 0.4) is 0 Å². The summed E-state index contributed by atoms with van der Waals surface area (Å²) >= 11 is 0. The van der Waals surface area contributed by atoms with Gasteiger partial charge in [0.05, 0.1) is 11.8 Å². The second-order valence-corrected chi connectivity index (χ2v) is 9.35. The summed E-state index contributed by atoms with van der Waals surface area (Å²) in [6.45, 7) is 3.30. The standard InChI is InChI=1S/C27H26N2O5/c1-15-8-9-16(2)20(12-15)28-25(31)24(17-6-4-3-5-7-17)34-21(30)14-29-26(32)22-18-10-11-19(13-18)23(22)27(29)33/h3-12,18-19,22-24H,13-14H2,1-2H3,(H,28,31). The van der Waals surface area contributed by atoms with E-state index in [9.17, 15) is 19.2 Å². The van der Waals surface area contributed by atoms with Crippen molar-refractivity contribution >= 4 is 29.4 Å². The van der Waals surface area contributed by atoms with E-state index in [1.165, 1.54) is 0 Å². The van der Waals surface area contributed by atoms with Crippen molar-refractivity contribution in [3.05, 3.63) is 77.4 Å². The molecule has 174 valence electrons. The number of anilines is 1. The number of nitrogens with one attached hydrogen (secondary N) is 1. The van der Waals surface area contributed by atoms with Crippen LogP contribution in [0.5, 0.6) is 0 Å². The second kappa shape index (κ2) is 8.56. The molecule has 1 heterocycles. The molecule has 5 rings (SSSR count). The number of amides is 3. The maximum atomic E-state index is 13.2. The van der Waals surface area contributed by atoms with Crippen LogP contribution in [0.1, 0.15) is 29.2 Å². The first kappa shape index (κ1) is 22.1. The number of likely N-dealkylation sites (tertiary alicyclic amines) is 1. The van der Waals surface area contributed by atoms with E-state index in [0.717, 1.165) is 22.4 Å². The number of esters is 1. The zero-order valence-electron chi connectivity index (χ0n) is 19.1. The molecule has 1 N–H and O–H groups in total. The predicted octanol–water partition coefficient (Wildman–Crippen LogP) is 3.33. The Labute approximate surface area is 197 Å². The number of carbonyl (C=O) groups is 4. The molecule has 1 aliphatic heterocycles. The van der Waals surface area contributed by atoms with Crippen LogP contribution in [-0.2, 0) is 23.9 Å². The Bertz CT molecular complexity index is 1170. The second-order valence-electron chi connectivity index (χ2n) is 9.35. The third-order valence-corrected chi connectivity index (χ3v) is 7.09. The van der Waals surface area contributed by atoms with Crippen molar-refractivity contribution in [3.8, 4) is 0 Å². The average Bonchev–Trinajstić information content (AvgIpc) is 3.51. The molecular formula is C27H26N2O5. The smallest absolute Gasteiger partial charge is 0.327 e. The lowest BCUT2D eigenvalue weighted by molar-refractivity contribution is -0.159. The lowest BCUT2D eigenvalue weighted by Gasteiger charge is -2.21. The van der Waals surface area contributed by atoms with E-state index in [1.54, 1.807) is 30.3 Å². The molecule has 1 saturated carbocycles. The van der Waals surface area contributed by atoms with Crippen LogP contribution in [0.15, 0.2) is 60.7 Å². The number of hydrogen-bond donors (Lipinski definition) is 1. The third-order valence-electron chi connectivity index (χ3n) is 7.09. The van der Waals surface area contributed by atoms with Crippen molar-refractivity contribution in [2.45, 2.75) is 26.4 Å². The number of carbonyl (C=O) groups excluding carboxylic acids is 4. The van der Waals surface area contributed by atoms with Crippen LogP contribution in [0.2, 0.25) is 0 Å². The first-order valence-electron chi connectivity index (χ1n) is 11.5. The zero-order chi connectivity index (χ0) is 24.0. The number of aryl methyl sites for hydroxylation is 2. The van der Waals surface area contributed by atoms with Crippen LogP contribution in [0.25, 0.3) is 0 Å². The van der Waals surface area contributed by atoms with Crippen molar-refractivity contribution < 1.29 is 23.9 Å². The molecular weight excluding hydrogens is 432 g/mol. The Balaban J connectivity index is 1.32. The zero-order valence-corrected chi connectivity index (χ0v) is 19.1. The summed E-state index contributed by atoms with van der Waals surface area (Å²) in [7, 11) is 0. The molecule has 2 fully saturated rings. The molecule has 2 aromatic rings. The number of allylic oxidation sites excluding steroid dienone is 2. The molecule has 2 aliphatic carbocycles. The van der Waals surface area contributed by atoms with Gasteiger partial charge in [0.1, 0.15) is 6.54 Å². The molecule has 34 heavy (non-hydrogen) atoms. The van der Waals surface area contributed by atoms with E-state index >= 15 is 0 Å². The molecule has 7 heteroatoms. The minimum absolute atomic E-state index is 0.0629. The number of rotatable bonds is 6. The fraction of sp³-hybridized carbons (Fsp3) is 0.333. The van der Waals surface area contributed by atoms with Gasteiger partial charge in [0, 0.05) is 11.3 Å². The van der Waals surface area contributed by atoms with Gasteiger partial charge in [-0.05, 0) is 49.3 Å². The normalized spacial score (nSPS) is 25.4. The predicted molar refractivity (Wildman–Crippen MR) is 124 cm³/mol. The Morgan fingerprint density at radius 3 is 2.29 bits per heavy atom. The van der Waals surface area contributed by atoms with Crippen LogP contribution in [0, 0.1) is 37.5 Å². The number of fused-ring (bicyclic) bond motifs is 5. The van der Waals surface area contributed by atoms with E-state index in [-0.39, 0.29) is 35.5 Å². The fourth-order valence-electron chi connectivity index (χ4n) is 5.39. The van der Waals surface area contributed by atoms with E-state index < -0.39 is 24.5 Å². The van der Waals surface area contributed by atoms with Gasteiger partial charge in [0.2, 0.25) is 17.9 Å². The highest BCUT2D eigenvalue weighted by Crippen LogP contribution is 2.52. The molecule has 3 amide bonds. The summed E-state index contributed by atoms with van der Waals surface area (Å²) in [4.78, 5) is 52.9. The minimum atomic E-state index is -1.22. The van der Waals surface area contributed by atoms with E-state index in [4.69, 9.17) is 4.74 Å². The largest absolute Gasteiger partial charge is 0.446 e. The highest BCUT2D eigenvalue weighted by molar-refractivity contribution is 6.08. The van der Waals surface area contributed by atoms with Gasteiger partial charge in [-0.3, -0.25) is 24.1 Å². The quantitative estimate of drug-likeness (QED) is 0.407. The molecule has 7 nitrogen and oxygen atoms in total. The van der Waals surface area contributed by atoms with Crippen molar-refractivity contribution in [2.75, 3.05) is 11.9 Å². The molecule has 1 saturated heterocycles. The third kappa shape index (κ3) is 3.81. The van der Waals surface area contributed by atoms with Gasteiger partial charge < -0.3 is 10.1 Å². The summed E-state index contributed by atoms with van der Waals surface area (Å²) in [5.74, 6) is -2.58. The van der Waals surface area contributed by atoms with Crippen molar-refractivity contribution in [3.63, 3.8) is 0 Å². The van der Waals surface area contributed by atoms with Crippen molar-refractivity contribution in [2.24, 2.45) is 23.7 Å². The van der Waals surface area contributed by atoms with Crippen molar-refractivity contribution in [1.82, 2.24) is 4.90 Å². The van der Waals surface area contributed by atoms with Gasteiger partial charge in [-0.2, -0.15) is 0 Å². The maximum absolute atomic E-state index is 13.2. The maximum Gasteiger partial charge on any atom is 0.327 e. The van der Waals surface area contributed by atoms with E-state index in [0.29, 0.717) is 11.3 Å². The number of imide groups is 1. The Kier molecular flexibility index (Phi) is 5.55. The Hall–Kier alpha value is -3.74. The van der Waals surface area contributed by atoms with E-state index in [2.05, 4.69) is 5.32 Å². The molecule has 0 spiro atoms. The molecule has 0 radical (unpaired) electrons. The van der Waals surface area contributed by atoms with Crippen molar-refractivity contribution in [1.29, 1.82) is 0 Å². The average molecular weight is 459 g/mol. The Morgan fingerprint density at radius 2 is 1.65 bits per heavy atom. The van der Waals surface area contributed by atoms with Gasteiger partial charge >= 0.3 is 5.97 Å². The summed E-state index contributed by atoms with van der Waals surface area (Å²) in [6.07, 6.45) is 3.60. The SMILES string of the molecule is Cc1ccc(C)c(NC(=O)C(OC(=O)CN2C(=O)C3C4C=CC(C4)C3C2=O)c2ccccc2)c1. The summed E-state index contributed by atoms with van der Waals surface area (Å²) in [6, 6.07) is 14.4. The fourth-order valence-corrected chi connectivity index (χ4v) is 5.39. The lowest BCUT2D eigenvalue weighted by Crippen LogP contribution is -2.39. The number of ether oxygens (including phenoxy) is 1. The highest BCUT2D eigenvalue weighted by Gasteiger charge is 2.59. The van der Waals surface area contributed by atoms with E-state index in [1.807, 2.05) is 44.2 Å². The molecule has 2 aromatic carbocycles. The van der Waals surface area contributed by atoms with Crippen LogP contribution in [0.4, 0.5) is 5.69 Å². The summed E-state index contributed by atoms with van der Waals surface area (Å²) in [5.41, 5.74) is 2.98. The van der Waals surface area contributed by atoms with Gasteiger partial charge in [-0.25, -0.2) is 0 Å². The summed E-state index contributed by atoms with van der Waals surface area (Å²) in [5, 5.41) is 2.85. The minimum Gasteiger partial charge on any atom is -0.446 e. The molecule has 5 unspecified atom stereocenters. The number of nitrogens with zero attached hydrogens (tertiary/aromatic N) is 1. The van der Waals surface area contributed by atoms with Crippen LogP contribution < -0.4 is 5.32 Å². The van der Waals surface area contributed by atoms with Gasteiger partial charge in [0.15, 0.2) is 0 Å². The monoisotopic (exact) mass is 458 g/mol. The van der Waals surface area contributed by atoms with Gasteiger partial charge in [0.25, 0.3) is 5.91 Å².